The first-order valence-electron chi connectivity index (χ1n) is 7.91. The van der Waals surface area contributed by atoms with Crippen molar-refractivity contribution in [3.05, 3.63) is 21.8 Å². The van der Waals surface area contributed by atoms with Gasteiger partial charge in [-0.2, -0.15) is 0 Å². The summed E-state index contributed by atoms with van der Waals surface area (Å²) >= 11 is 2.77. The van der Waals surface area contributed by atoms with Gasteiger partial charge in [0.15, 0.2) is 5.16 Å². The first kappa shape index (κ1) is 16.5. The maximum Gasteiger partial charge on any atom is 0.262 e. The summed E-state index contributed by atoms with van der Waals surface area (Å²) in [6.07, 6.45) is 4.50. The molecular formula is C16H21N3O2S2. The van der Waals surface area contributed by atoms with Crippen molar-refractivity contribution in [2.75, 3.05) is 5.75 Å². The van der Waals surface area contributed by atoms with Crippen LogP contribution in [-0.2, 0) is 11.8 Å². The molecule has 0 spiro atoms. The maximum atomic E-state index is 12.2. The van der Waals surface area contributed by atoms with Gasteiger partial charge in [0.1, 0.15) is 4.83 Å². The van der Waals surface area contributed by atoms with Gasteiger partial charge in [0.25, 0.3) is 5.56 Å². The highest BCUT2D eigenvalue weighted by Crippen LogP contribution is 2.24. The minimum Gasteiger partial charge on any atom is -0.353 e. The topological polar surface area (TPSA) is 64.0 Å². The van der Waals surface area contributed by atoms with Gasteiger partial charge in [0.05, 0.1) is 11.1 Å². The lowest BCUT2D eigenvalue weighted by Gasteiger charge is -2.26. The van der Waals surface area contributed by atoms with E-state index in [1.54, 1.807) is 13.1 Å². The Labute approximate surface area is 143 Å². The monoisotopic (exact) mass is 351 g/mol. The molecule has 1 aliphatic rings. The Balaban J connectivity index is 1.61. The molecule has 1 saturated carbocycles. The molecule has 0 aromatic carbocycles. The Morgan fingerprint density at radius 2 is 2.17 bits per heavy atom. The number of nitrogens with zero attached hydrogens (tertiary/aromatic N) is 2. The summed E-state index contributed by atoms with van der Waals surface area (Å²) in [5.41, 5.74) is -0.0552. The molecular weight excluding hydrogens is 330 g/mol. The molecule has 0 unspecified atom stereocenters. The zero-order chi connectivity index (χ0) is 16.4. The van der Waals surface area contributed by atoms with Crippen LogP contribution in [0.25, 0.3) is 10.2 Å². The third-order valence-corrected chi connectivity index (χ3v) is 6.21. The van der Waals surface area contributed by atoms with Crippen molar-refractivity contribution in [1.82, 2.24) is 14.9 Å². The summed E-state index contributed by atoms with van der Waals surface area (Å²) in [7, 11) is 1.70. The van der Waals surface area contributed by atoms with E-state index in [4.69, 9.17) is 0 Å². The third-order valence-electron chi connectivity index (χ3n) is 4.38. The van der Waals surface area contributed by atoms with Crippen LogP contribution in [0.5, 0.6) is 0 Å². The van der Waals surface area contributed by atoms with E-state index in [1.165, 1.54) is 40.5 Å². The molecule has 0 radical (unpaired) electrons. The van der Waals surface area contributed by atoms with Gasteiger partial charge in [0.2, 0.25) is 5.91 Å². The van der Waals surface area contributed by atoms with Crippen LogP contribution in [0.1, 0.15) is 32.6 Å². The van der Waals surface area contributed by atoms with E-state index in [2.05, 4.69) is 17.2 Å². The van der Waals surface area contributed by atoms with Crippen LogP contribution >= 0.6 is 23.1 Å². The molecule has 2 aromatic heterocycles. The van der Waals surface area contributed by atoms with E-state index >= 15 is 0 Å². The van der Waals surface area contributed by atoms with Gasteiger partial charge in [-0.25, -0.2) is 4.98 Å². The number of hydrogen-bond acceptors (Lipinski definition) is 5. The fourth-order valence-corrected chi connectivity index (χ4v) is 4.50. The van der Waals surface area contributed by atoms with Crippen molar-refractivity contribution in [3.8, 4) is 0 Å². The zero-order valence-electron chi connectivity index (χ0n) is 13.4. The van der Waals surface area contributed by atoms with Gasteiger partial charge >= 0.3 is 0 Å². The van der Waals surface area contributed by atoms with E-state index in [0.717, 1.165) is 23.6 Å². The second-order valence-corrected chi connectivity index (χ2v) is 8.05. The molecule has 0 saturated heterocycles. The smallest absolute Gasteiger partial charge is 0.262 e. The lowest BCUT2D eigenvalue weighted by molar-refractivity contribution is -0.119. The summed E-state index contributed by atoms with van der Waals surface area (Å²) in [5.74, 6) is 1.09. The van der Waals surface area contributed by atoms with Crippen LogP contribution < -0.4 is 10.9 Å². The van der Waals surface area contributed by atoms with Gasteiger partial charge in [-0.1, -0.05) is 18.7 Å². The van der Waals surface area contributed by atoms with Gasteiger partial charge in [-0.3, -0.25) is 14.2 Å². The molecule has 0 bridgehead atoms. The molecule has 23 heavy (non-hydrogen) atoms. The second-order valence-electron chi connectivity index (χ2n) is 6.21. The van der Waals surface area contributed by atoms with Crippen molar-refractivity contribution in [1.29, 1.82) is 0 Å². The lowest BCUT2D eigenvalue weighted by atomic mass is 9.87. The van der Waals surface area contributed by atoms with E-state index in [1.807, 2.05) is 5.38 Å². The summed E-state index contributed by atoms with van der Waals surface area (Å²) < 4.78 is 1.52. The molecule has 1 N–H and O–H groups in total. The van der Waals surface area contributed by atoms with E-state index in [9.17, 15) is 9.59 Å². The summed E-state index contributed by atoms with van der Waals surface area (Å²) in [6.45, 7) is 2.26. The first-order valence-corrected chi connectivity index (χ1v) is 9.77. The fraction of sp³-hybridized carbons (Fsp3) is 0.562. The number of amides is 1. The average molecular weight is 351 g/mol. The molecule has 2 aromatic rings. The number of thiophene rings is 1. The normalized spacial score (nSPS) is 21.5. The predicted octanol–water partition coefficient (Wildman–Crippen LogP) is 2.78. The number of hydrogen-bond donors (Lipinski definition) is 1. The standard InChI is InChI=1S/C16H21N3O2S2/c1-10-3-5-11(6-4-10)17-13(20)9-23-16-18-14-12(7-8-22-14)15(21)19(16)2/h7-8,10-11H,3-6,9H2,1-2H3,(H,17,20). The predicted molar refractivity (Wildman–Crippen MR) is 95.1 cm³/mol. The highest BCUT2D eigenvalue weighted by atomic mass is 32.2. The molecule has 1 aliphatic carbocycles. The van der Waals surface area contributed by atoms with Gasteiger partial charge < -0.3 is 5.32 Å². The Hall–Kier alpha value is -1.34. The zero-order valence-corrected chi connectivity index (χ0v) is 15.0. The highest BCUT2D eigenvalue weighted by Gasteiger charge is 2.20. The SMILES string of the molecule is CC1CCC(NC(=O)CSc2nc3sccc3c(=O)n2C)CC1. The quantitative estimate of drug-likeness (QED) is 0.679. The highest BCUT2D eigenvalue weighted by molar-refractivity contribution is 7.99. The van der Waals surface area contributed by atoms with Crippen molar-refractivity contribution >= 4 is 39.2 Å². The summed E-state index contributed by atoms with van der Waals surface area (Å²) in [4.78, 5) is 29.6. The minimum atomic E-state index is -0.0552. The molecule has 2 heterocycles. The van der Waals surface area contributed by atoms with Crippen molar-refractivity contribution in [3.63, 3.8) is 0 Å². The van der Waals surface area contributed by atoms with Crippen LogP contribution in [-0.4, -0.2) is 27.3 Å². The van der Waals surface area contributed by atoms with E-state index < -0.39 is 0 Å². The first-order chi connectivity index (χ1) is 11.0. The Bertz CT molecular complexity index is 760. The maximum absolute atomic E-state index is 12.2. The Morgan fingerprint density at radius 3 is 2.91 bits per heavy atom. The van der Waals surface area contributed by atoms with Crippen LogP contribution in [0.4, 0.5) is 0 Å². The number of fused-ring (bicyclic) bond motifs is 1. The molecule has 5 nitrogen and oxygen atoms in total. The molecule has 0 atom stereocenters. The van der Waals surface area contributed by atoms with Crippen LogP contribution in [0.3, 0.4) is 0 Å². The number of carbonyl (C=O) groups is 1. The van der Waals surface area contributed by atoms with Crippen molar-refractivity contribution in [2.24, 2.45) is 13.0 Å². The number of nitrogens with one attached hydrogen (secondary N) is 1. The van der Waals surface area contributed by atoms with Gasteiger partial charge in [0, 0.05) is 13.1 Å². The largest absolute Gasteiger partial charge is 0.353 e. The lowest BCUT2D eigenvalue weighted by Crippen LogP contribution is -2.38. The molecule has 1 amide bonds. The van der Waals surface area contributed by atoms with Crippen LogP contribution in [0.15, 0.2) is 21.4 Å². The number of aromatic nitrogens is 2. The molecule has 0 aliphatic heterocycles. The Morgan fingerprint density at radius 1 is 1.43 bits per heavy atom. The summed E-state index contributed by atoms with van der Waals surface area (Å²) in [5, 5.41) is 6.21. The summed E-state index contributed by atoms with van der Waals surface area (Å²) in [6, 6.07) is 2.09. The second kappa shape index (κ2) is 7.05. The minimum absolute atomic E-state index is 0.0232. The number of rotatable bonds is 4. The fourth-order valence-electron chi connectivity index (χ4n) is 2.91. The van der Waals surface area contributed by atoms with Crippen LogP contribution in [0, 0.1) is 5.92 Å². The van der Waals surface area contributed by atoms with Crippen LogP contribution in [0.2, 0.25) is 0 Å². The van der Waals surface area contributed by atoms with E-state index in [-0.39, 0.29) is 11.5 Å². The Kier molecular flexibility index (Phi) is 5.06. The average Bonchev–Trinajstić information content (AvgIpc) is 3.00. The van der Waals surface area contributed by atoms with Crippen molar-refractivity contribution in [2.45, 2.75) is 43.8 Å². The van der Waals surface area contributed by atoms with Gasteiger partial charge in [-0.05, 0) is 43.0 Å². The number of thioether (sulfide) groups is 1. The molecule has 124 valence electrons. The van der Waals surface area contributed by atoms with E-state index in [0.29, 0.717) is 22.3 Å². The molecule has 3 rings (SSSR count). The molecule has 1 fully saturated rings. The molecule has 7 heteroatoms. The van der Waals surface area contributed by atoms with Crippen molar-refractivity contribution < 1.29 is 4.79 Å². The number of carbonyl (C=O) groups excluding carboxylic acids is 1. The third kappa shape index (κ3) is 3.77. The van der Waals surface area contributed by atoms with Gasteiger partial charge in [-0.15, -0.1) is 11.3 Å².